The van der Waals surface area contributed by atoms with E-state index in [1.54, 1.807) is 45.5 Å². The molecule has 2 amide bonds. The summed E-state index contributed by atoms with van der Waals surface area (Å²) in [5.74, 6) is 0.279. The van der Waals surface area contributed by atoms with E-state index in [4.69, 9.17) is 9.47 Å². The predicted molar refractivity (Wildman–Crippen MR) is 279 cm³/mol. The van der Waals surface area contributed by atoms with Crippen LogP contribution in [0.3, 0.4) is 0 Å². The third-order valence-corrected chi connectivity index (χ3v) is 14.6. The van der Waals surface area contributed by atoms with Crippen molar-refractivity contribution in [1.29, 1.82) is 0 Å². The summed E-state index contributed by atoms with van der Waals surface area (Å²) in [7, 11) is 0. The quantitative estimate of drug-likeness (QED) is 0.0552. The minimum Gasteiger partial charge on any atom is -0.492 e. The van der Waals surface area contributed by atoms with Crippen LogP contribution in [0.2, 0.25) is 0 Å². The van der Waals surface area contributed by atoms with Gasteiger partial charge in [-0.05, 0) is 108 Å². The molecule has 2 aromatic carbocycles. The Morgan fingerprint density at radius 1 is 0.580 bits per heavy atom. The van der Waals surface area contributed by atoms with Gasteiger partial charge in [-0.1, -0.05) is 121 Å². The molecule has 0 aliphatic carbocycles. The Bertz CT molecular complexity index is 2700. The molecule has 0 radical (unpaired) electrons. The number of carbonyl (C=O) groups is 2. The number of anilines is 2. The molecule has 4 aromatic heterocycles. The van der Waals surface area contributed by atoms with E-state index >= 15 is 0 Å². The summed E-state index contributed by atoms with van der Waals surface area (Å²) in [6.07, 6.45) is 9.53. The van der Waals surface area contributed by atoms with Crippen molar-refractivity contribution in [2.75, 3.05) is 10.6 Å². The highest BCUT2D eigenvalue weighted by Gasteiger charge is 2.31. The number of hydrogen-bond donors (Lipinski definition) is 4. The molecule has 12 heteroatoms. The lowest BCUT2D eigenvalue weighted by atomic mass is 9.76. The maximum atomic E-state index is 13.8. The van der Waals surface area contributed by atoms with Crippen molar-refractivity contribution in [3.8, 4) is 23.3 Å². The van der Waals surface area contributed by atoms with E-state index < -0.39 is 12.2 Å². The van der Waals surface area contributed by atoms with Gasteiger partial charge in [0.05, 0.1) is 11.4 Å². The average molecular weight is 939 g/mol. The van der Waals surface area contributed by atoms with Crippen LogP contribution in [0.5, 0.6) is 23.3 Å². The summed E-state index contributed by atoms with van der Waals surface area (Å²) < 4.78 is 16.3. The number of aromatic nitrogens is 4. The van der Waals surface area contributed by atoms with E-state index in [0.717, 1.165) is 36.8 Å². The molecular formula is C57H74N6O6. The summed E-state index contributed by atoms with van der Waals surface area (Å²) >= 11 is 0. The van der Waals surface area contributed by atoms with E-state index in [-0.39, 0.29) is 45.2 Å². The number of imidazole rings is 2. The van der Waals surface area contributed by atoms with Crippen LogP contribution in [0.1, 0.15) is 169 Å². The lowest BCUT2D eigenvalue weighted by Gasteiger charge is -2.31. The third kappa shape index (κ3) is 11.2. The first kappa shape index (κ1) is 51.9. The van der Waals surface area contributed by atoms with Crippen molar-refractivity contribution < 1.29 is 29.3 Å². The predicted octanol–water partition coefficient (Wildman–Crippen LogP) is 13.1. The fourth-order valence-corrected chi connectivity index (χ4v) is 8.07. The Labute approximate surface area is 408 Å². The fraction of sp³-hybridized carbons (Fsp3) is 0.456. The third-order valence-electron chi connectivity index (χ3n) is 14.6. The SMILES string of the molecule is CCC(Oc1ccc(C(C)(C)CC)cc1C(C)(C)CC)C(=O)Nc1ccc2nc(O)c(C=C=Cc3c(O)nc4ccc(NC(=O)C(CC)Oc5ccc(C(C)(C)CC)cc5C(C)(C)CC)cn34)n2c1. The molecule has 6 aromatic rings. The summed E-state index contributed by atoms with van der Waals surface area (Å²) in [6.45, 7) is 30.3. The summed E-state index contributed by atoms with van der Waals surface area (Å²) in [5.41, 5.74) is 9.75. The van der Waals surface area contributed by atoms with Gasteiger partial charge in [0.25, 0.3) is 11.8 Å². The first-order valence-electron chi connectivity index (χ1n) is 24.6. The molecular weight excluding hydrogens is 865 g/mol. The lowest BCUT2D eigenvalue weighted by Crippen LogP contribution is -2.33. The van der Waals surface area contributed by atoms with Crippen molar-refractivity contribution in [2.24, 2.45) is 0 Å². The van der Waals surface area contributed by atoms with Gasteiger partial charge in [0.2, 0.25) is 11.8 Å². The smallest absolute Gasteiger partial charge is 0.265 e. The van der Waals surface area contributed by atoms with E-state index in [1.165, 1.54) is 23.3 Å². The van der Waals surface area contributed by atoms with Crippen LogP contribution in [0, 0.1) is 0 Å². The van der Waals surface area contributed by atoms with Gasteiger partial charge in [0.15, 0.2) is 12.2 Å². The van der Waals surface area contributed by atoms with Gasteiger partial charge in [0.1, 0.15) is 34.2 Å². The van der Waals surface area contributed by atoms with Crippen molar-refractivity contribution in [1.82, 2.24) is 18.8 Å². The van der Waals surface area contributed by atoms with Crippen molar-refractivity contribution in [2.45, 2.75) is 169 Å². The maximum Gasteiger partial charge on any atom is 0.265 e. The lowest BCUT2D eigenvalue weighted by molar-refractivity contribution is -0.123. The van der Waals surface area contributed by atoms with Gasteiger partial charge < -0.3 is 30.3 Å². The number of ether oxygens (including phenoxy) is 2. The maximum absolute atomic E-state index is 13.8. The van der Waals surface area contributed by atoms with Gasteiger partial charge >= 0.3 is 0 Å². The summed E-state index contributed by atoms with van der Waals surface area (Å²) in [6, 6.07) is 19.5. The van der Waals surface area contributed by atoms with E-state index in [0.29, 0.717) is 58.4 Å². The molecule has 0 saturated heterocycles. The van der Waals surface area contributed by atoms with Gasteiger partial charge in [-0.3, -0.25) is 18.4 Å². The molecule has 368 valence electrons. The number of aromatic hydroxyl groups is 2. The molecule has 0 bridgehead atoms. The van der Waals surface area contributed by atoms with E-state index in [9.17, 15) is 19.8 Å². The van der Waals surface area contributed by atoms with Crippen LogP contribution >= 0.6 is 0 Å². The zero-order valence-electron chi connectivity index (χ0n) is 43.3. The second kappa shape index (κ2) is 20.6. The Kier molecular flexibility index (Phi) is 15.5. The Hall–Kier alpha value is -6.52. The van der Waals surface area contributed by atoms with Gasteiger partial charge in [-0.2, -0.15) is 9.97 Å². The summed E-state index contributed by atoms with van der Waals surface area (Å²) in [4.78, 5) is 36.3. The molecule has 2 unspecified atom stereocenters. The Morgan fingerprint density at radius 2 is 0.942 bits per heavy atom. The van der Waals surface area contributed by atoms with Crippen molar-refractivity contribution in [3.05, 3.63) is 112 Å². The number of carbonyl (C=O) groups excluding carboxylic acids is 2. The molecule has 12 nitrogen and oxygen atoms in total. The summed E-state index contributed by atoms with van der Waals surface area (Å²) in [5, 5.41) is 27.9. The molecule has 0 fully saturated rings. The number of nitrogens with zero attached hydrogens (tertiary/aromatic N) is 4. The molecule has 69 heavy (non-hydrogen) atoms. The van der Waals surface area contributed by atoms with Crippen LogP contribution in [0.15, 0.2) is 78.8 Å². The molecule has 4 heterocycles. The van der Waals surface area contributed by atoms with E-state index in [1.807, 2.05) is 26.0 Å². The Morgan fingerprint density at radius 3 is 1.28 bits per heavy atom. The zero-order chi connectivity index (χ0) is 50.6. The van der Waals surface area contributed by atoms with Gasteiger partial charge in [-0.15, -0.1) is 5.73 Å². The minimum atomic E-state index is -0.767. The monoisotopic (exact) mass is 939 g/mol. The fourth-order valence-electron chi connectivity index (χ4n) is 8.07. The molecule has 4 N–H and O–H groups in total. The number of nitrogens with one attached hydrogen (secondary N) is 2. The second-order valence-electron chi connectivity index (χ2n) is 20.8. The standard InChI is InChI=1S/C57H74N6O6/c1-15-44(68-46-28-24-36(54(7,8)17-3)32-40(46)56(11,12)19-5)52(66)58-38-26-30-48-60-50(64)42(62(48)34-38)22-21-23-43-51(65)61-49-31-27-39(35-63(43)49)59-53(67)45(16-2)69-47-29-25-37(55(9,10)18-4)33-41(47)57(13,14)20-6/h22-35,44-45,64-65H,15-20H2,1-14H3,(H,58,66)(H,59,67). The largest absolute Gasteiger partial charge is 0.492 e. The average Bonchev–Trinajstić information content (AvgIpc) is 3.82. The minimum absolute atomic E-state index is 0.00384. The number of fused-ring (bicyclic) bond motifs is 2. The van der Waals surface area contributed by atoms with Crippen LogP contribution in [0.25, 0.3) is 23.4 Å². The number of rotatable bonds is 20. The second-order valence-corrected chi connectivity index (χ2v) is 20.8. The zero-order valence-corrected chi connectivity index (χ0v) is 43.3. The molecule has 6 rings (SSSR count). The molecule has 0 aliphatic heterocycles. The van der Waals surface area contributed by atoms with E-state index in [2.05, 4.69) is 134 Å². The van der Waals surface area contributed by atoms with Crippen LogP contribution < -0.4 is 20.1 Å². The van der Waals surface area contributed by atoms with Gasteiger partial charge in [0, 0.05) is 35.7 Å². The van der Waals surface area contributed by atoms with Gasteiger partial charge in [-0.25, -0.2) is 0 Å². The van der Waals surface area contributed by atoms with Crippen molar-refractivity contribution >= 4 is 46.6 Å². The van der Waals surface area contributed by atoms with Crippen LogP contribution in [-0.2, 0) is 31.2 Å². The first-order valence-corrected chi connectivity index (χ1v) is 24.6. The molecule has 0 aliphatic rings. The van der Waals surface area contributed by atoms with Crippen LogP contribution in [-0.4, -0.2) is 53.0 Å². The number of amides is 2. The first-order chi connectivity index (χ1) is 32.5. The topological polar surface area (TPSA) is 152 Å². The molecule has 0 saturated carbocycles. The highest BCUT2D eigenvalue weighted by atomic mass is 16.5. The number of hydrogen-bond acceptors (Lipinski definition) is 8. The highest BCUT2D eigenvalue weighted by Crippen LogP contribution is 2.41. The number of benzene rings is 2. The molecule has 0 spiro atoms. The normalized spacial score (nSPS) is 13.2. The molecule has 2 atom stereocenters. The highest BCUT2D eigenvalue weighted by molar-refractivity contribution is 5.95. The van der Waals surface area contributed by atoms with Crippen molar-refractivity contribution in [3.63, 3.8) is 0 Å². The van der Waals surface area contributed by atoms with Crippen LogP contribution in [0.4, 0.5) is 11.4 Å². The number of pyridine rings is 2. The Balaban J connectivity index is 1.21.